The van der Waals surface area contributed by atoms with Gasteiger partial charge in [-0.15, -0.1) is 11.3 Å². The lowest BCUT2D eigenvalue weighted by atomic mass is 10.0. The quantitative estimate of drug-likeness (QED) is 0.484. The molecule has 0 radical (unpaired) electrons. The van der Waals surface area contributed by atoms with Crippen molar-refractivity contribution in [2.45, 2.75) is 0 Å². The summed E-state index contributed by atoms with van der Waals surface area (Å²) in [5, 5.41) is 1.77. The van der Waals surface area contributed by atoms with Crippen molar-refractivity contribution in [3.05, 3.63) is 93.4 Å². The maximum absolute atomic E-state index is 13.2. The minimum Gasteiger partial charge on any atom is -0.454 e. The molecule has 0 bridgehead atoms. The second-order valence-corrected chi connectivity index (χ2v) is 6.31. The van der Waals surface area contributed by atoms with Gasteiger partial charge in [-0.05, 0) is 29.6 Å². The van der Waals surface area contributed by atoms with Crippen LogP contribution in [0.2, 0.25) is 0 Å². The zero-order chi connectivity index (χ0) is 18.5. The normalized spacial score (nSPS) is 10.3. The molecule has 0 aliphatic carbocycles. The molecule has 0 unspecified atom stereocenters. The fraction of sp³-hybridized carbons (Fsp3) is 0.0500. The third kappa shape index (κ3) is 3.92. The number of halogens is 1. The highest BCUT2D eigenvalue weighted by atomic mass is 32.1. The van der Waals surface area contributed by atoms with E-state index < -0.39 is 24.2 Å². The molecule has 26 heavy (non-hydrogen) atoms. The molecular formula is C20H13FO4S. The zero-order valence-electron chi connectivity index (χ0n) is 13.5. The number of ether oxygens (including phenoxy) is 1. The number of carbonyl (C=O) groups is 3. The van der Waals surface area contributed by atoms with Gasteiger partial charge in [-0.25, -0.2) is 9.18 Å². The second-order valence-electron chi connectivity index (χ2n) is 5.36. The summed E-state index contributed by atoms with van der Waals surface area (Å²) in [5.41, 5.74) is 0.400. The van der Waals surface area contributed by atoms with Crippen molar-refractivity contribution in [2.24, 2.45) is 0 Å². The maximum Gasteiger partial charge on any atom is 0.339 e. The Hall–Kier alpha value is -3.12. The van der Waals surface area contributed by atoms with Crippen LogP contribution in [0, 0.1) is 5.82 Å². The highest BCUT2D eigenvalue weighted by Crippen LogP contribution is 2.19. The van der Waals surface area contributed by atoms with Crippen molar-refractivity contribution in [2.75, 3.05) is 6.61 Å². The van der Waals surface area contributed by atoms with Gasteiger partial charge in [0.05, 0.1) is 10.4 Å². The lowest BCUT2D eigenvalue weighted by Gasteiger charge is -2.08. The SMILES string of the molecule is O=C(COC(=O)c1ccccc1C(=O)c1cccs1)c1cccc(F)c1. The Kier molecular flexibility index (Phi) is 5.34. The van der Waals surface area contributed by atoms with Crippen LogP contribution >= 0.6 is 11.3 Å². The first-order valence-electron chi connectivity index (χ1n) is 7.69. The highest BCUT2D eigenvalue weighted by Gasteiger charge is 2.20. The van der Waals surface area contributed by atoms with Gasteiger partial charge in [-0.1, -0.05) is 36.4 Å². The predicted molar refractivity (Wildman–Crippen MR) is 95.2 cm³/mol. The number of benzene rings is 2. The van der Waals surface area contributed by atoms with E-state index >= 15 is 0 Å². The molecule has 0 atom stereocenters. The van der Waals surface area contributed by atoms with Crippen molar-refractivity contribution in [1.29, 1.82) is 0 Å². The lowest BCUT2D eigenvalue weighted by Crippen LogP contribution is -2.17. The Balaban J connectivity index is 1.74. The number of hydrogen-bond acceptors (Lipinski definition) is 5. The van der Waals surface area contributed by atoms with Crippen LogP contribution in [0.4, 0.5) is 4.39 Å². The summed E-state index contributed by atoms with van der Waals surface area (Å²) in [5.74, 6) is -2.15. The van der Waals surface area contributed by atoms with Crippen LogP contribution in [-0.4, -0.2) is 24.1 Å². The Morgan fingerprint density at radius 2 is 1.69 bits per heavy atom. The van der Waals surface area contributed by atoms with Crippen LogP contribution in [0.25, 0.3) is 0 Å². The first-order valence-corrected chi connectivity index (χ1v) is 8.57. The second kappa shape index (κ2) is 7.84. The molecule has 0 N–H and O–H groups in total. The molecule has 2 aromatic carbocycles. The number of thiophene rings is 1. The van der Waals surface area contributed by atoms with Gasteiger partial charge >= 0.3 is 5.97 Å². The predicted octanol–water partition coefficient (Wildman–Crippen LogP) is 4.16. The Morgan fingerprint density at radius 3 is 2.38 bits per heavy atom. The fourth-order valence-corrected chi connectivity index (χ4v) is 3.03. The monoisotopic (exact) mass is 368 g/mol. The number of hydrogen-bond donors (Lipinski definition) is 0. The van der Waals surface area contributed by atoms with Gasteiger partial charge in [0.25, 0.3) is 0 Å². The van der Waals surface area contributed by atoms with Crippen LogP contribution in [-0.2, 0) is 4.74 Å². The van der Waals surface area contributed by atoms with Crippen molar-refractivity contribution in [1.82, 2.24) is 0 Å². The van der Waals surface area contributed by atoms with Crippen LogP contribution in [0.15, 0.2) is 66.0 Å². The summed E-state index contributed by atoms with van der Waals surface area (Å²) in [6.45, 7) is -0.538. The van der Waals surface area contributed by atoms with Gasteiger partial charge in [0, 0.05) is 11.1 Å². The van der Waals surface area contributed by atoms with Crippen LogP contribution < -0.4 is 0 Å². The third-order valence-electron chi connectivity index (χ3n) is 3.62. The first-order chi connectivity index (χ1) is 12.6. The first kappa shape index (κ1) is 17.7. The van der Waals surface area contributed by atoms with Gasteiger partial charge in [0.2, 0.25) is 5.78 Å². The van der Waals surface area contributed by atoms with E-state index in [0.717, 1.165) is 6.07 Å². The molecule has 3 rings (SSSR count). The standard InChI is InChI=1S/C20H13FO4S/c21-14-6-3-5-13(11-14)17(22)12-25-20(24)16-8-2-1-7-15(16)19(23)18-9-4-10-26-18/h1-11H,12H2. The number of Topliss-reactive ketones (excluding diaryl/α,β-unsaturated/α-hetero) is 1. The Labute approximate surface area is 152 Å². The summed E-state index contributed by atoms with van der Waals surface area (Å²) in [4.78, 5) is 37.4. The average Bonchev–Trinajstić information content (AvgIpc) is 3.20. The molecule has 1 heterocycles. The zero-order valence-corrected chi connectivity index (χ0v) is 14.3. The van der Waals surface area contributed by atoms with Crippen LogP contribution in [0.3, 0.4) is 0 Å². The summed E-state index contributed by atoms with van der Waals surface area (Å²) in [7, 11) is 0. The van der Waals surface area contributed by atoms with E-state index in [2.05, 4.69) is 0 Å². The number of carbonyl (C=O) groups excluding carboxylic acids is 3. The smallest absolute Gasteiger partial charge is 0.339 e. The molecule has 0 saturated heterocycles. The van der Waals surface area contributed by atoms with Gasteiger partial charge in [-0.3, -0.25) is 9.59 Å². The number of ketones is 2. The van der Waals surface area contributed by atoms with Gasteiger partial charge in [0.1, 0.15) is 5.82 Å². The molecule has 6 heteroatoms. The van der Waals surface area contributed by atoms with E-state index in [1.165, 1.54) is 41.7 Å². The summed E-state index contributed by atoms with van der Waals surface area (Å²) in [6.07, 6.45) is 0. The molecule has 1 aromatic heterocycles. The maximum atomic E-state index is 13.2. The van der Waals surface area contributed by atoms with E-state index in [1.54, 1.807) is 29.6 Å². The van der Waals surface area contributed by atoms with Crippen molar-refractivity contribution >= 4 is 28.9 Å². The molecule has 0 amide bonds. The van der Waals surface area contributed by atoms with E-state index in [1.807, 2.05) is 0 Å². The molecule has 0 aliphatic rings. The van der Waals surface area contributed by atoms with E-state index in [0.29, 0.717) is 4.88 Å². The van der Waals surface area contributed by atoms with Crippen molar-refractivity contribution in [3.8, 4) is 0 Å². The molecule has 130 valence electrons. The summed E-state index contributed by atoms with van der Waals surface area (Å²) >= 11 is 1.27. The van der Waals surface area contributed by atoms with Gasteiger partial charge in [0.15, 0.2) is 12.4 Å². The molecular weight excluding hydrogens is 355 g/mol. The van der Waals surface area contributed by atoms with Crippen LogP contribution in [0.1, 0.15) is 36.0 Å². The Bertz CT molecular complexity index is 963. The topological polar surface area (TPSA) is 60.4 Å². The Morgan fingerprint density at radius 1 is 0.923 bits per heavy atom. The summed E-state index contributed by atoms with van der Waals surface area (Å²) < 4.78 is 18.2. The van der Waals surface area contributed by atoms with Crippen molar-refractivity contribution < 1.29 is 23.5 Å². The van der Waals surface area contributed by atoms with E-state index in [9.17, 15) is 18.8 Å². The largest absolute Gasteiger partial charge is 0.454 e. The van der Waals surface area contributed by atoms with E-state index in [4.69, 9.17) is 4.74 Å². The number of rotatable bonds is 6. The fourth-order valence-electron chi connectivity index (χ4n) is 2.35. The number of esters is 1. The van der Waals surface area contributed by atoms with Gasteiger partial charge < -0.3 is 4.74 Å². The molecule has 4 nitrogen and oxygen atoms in total. The molecule has 0 saturated carbocycles. The minimum atomic E-state index is -0.782. The highest BCUT2D eigenvalue weighted by molar-refractivity contribution is 7.12. The molecule has 3 aromatic rings. The minimum absolute atomic E-state index is 0.0814. The molecule has 0 aliphatic heterocycles. The van der Waals surface area contributed by atoms with Gasteiger partial charge in [-0.2, -0.15) is 0 Å². The van der Waals surface area contributed by atoms with Crippen LogP contribution in [0.5, 0.6) is 0 Å². The third-order valence-corrected chi connectivity index (χ3v) is 4.49. The molecule has 0 fully saturated rings. The molecule has 0 spiro atoms. The average molecular weight is 368 g/mol. The lowest BCUT2D eigenvalue weighted by molar-refractivity contribution is 0.0473. The van der Waals surface area contributed by atoms with Crippen molar-refractivity contribution in [3.63, 3.8) is 0 Å². The summed E-state index contributed by atoms with van der Waals surface area (Å²) in [6, 6.07) is 14.8. The van der Waals surface area contributed by atoms with E-state index in [-0.39, 0.29) is 22.5 Å².